The molecule has 0 heterocycles. The predicted octanol–water partition coefficient (Wildman–Crippen LogP) is 10.1. The molecule has 44 heavy (non-hydrogen) atoms. The fourth-order valence-corrected chi connectivity index (χ4v) is 4.57. The summed E-state index contributed by atoms with van der Waals surface area (Å²) in [6, 6.07) is 33.7. The molecule has 4 rings (SSSR count). The molecule has 0 spiro atoms. The van der Waals surface area contributed by atoms with E-state index < -0.39 is 0 Å². The molecule has 230 valence electrons. The highest BCUT2D eigenvalue weighted by atomic mass is 16.5. The van der Waals surface area contributed by atoms with Gasteiger partial charge in [-0.1, -0.05) is 88.4 Å². The molecule has 4 aromatic rings. The molecule has 0 aliphatic carbocycles. The average molecular weight is 592 g/mol. The van der Waals surface area contributed by atoms with E-state index in [1.165, 1.54) is 19.3 Å². The van der Waals surface area contributed by atoms with Gasteiger partial charge in [0.2, 0.25) is 0 Å². The lowest BCUT2D eigenvalue weighted by atomic mass is 10.0. The standard InChI is InChI=1S/C39H45NO4/c1-3-31(2)30-44-39(41)35-19-17-33(18-20-35)34-21-25-38(26-22-34)43-28-12-7-5-4-6-11-27-42-37-23-15-32(16-24-37)29-40-36-13-9-8-10-14-36/h8-10,13-26,29,31H,3-7,11-12,27-28,30H2,1-2H3. The van der Waals surface area contributed by atoms with Crippen LogP contribution in [-0.4, -0.2) is 32.0 Å². The Bertz CT molecular complexity index is 1400. The van der Waals surface area contributed by atoms with Gasteiger partial charge in [0.25, 0.3) is 0 Å². The zero-order valence-electron chi connectivity index (χ0n) is 26.1. The number of benzene rings is 4. The molecule has 0 radical (unpaired) electrons. The summed E-state index contributed by atoms with van der Waals surface area (Å²) in [5.74, 6) is 1.89. The Morgan fingerprint density at radius 1 is 0.682 bits per heavy atom. The van der Waals surface area contributed by atoms with E-state index in [-0.39, 0.29) is 5.97 Å². The van der Waals surface area contributed by atoms with Crippen molar-refractivity contribution in [3.8, 4) is 22.6 Å². The summed E-state index contributed by atoms with van der Waals surface area (Å²) < 4.78 is 17.3. The van der Waals surface area contributed by atoms with Gasteiger partial charge < -0.3 is 14.2 Å². The van der Waals surface area contributed by atoms with E-state index in [0.717, 1.165) is 72.8 Å². The second-order valence-electron chi connectivity index (χ2n) is 11.2. The first-order valence-corrected chi connectivity index (χ1v) is 15.9. The average Bonchev–Trinajstić information content (AvgIpc) is 3.08. The second kappa shape index (κ2) is 18.3. The van der Waals surface area contributed by atoms with Crippen molar-refractivity contribution in [3.63, 3.8) is 0 Å². The molecule has 5 nitrogen and oxygen atoms in total. The third-order valence-electron chi connectivity index (χ3n) is 7.58. The van der Waals surface area contributed by atoms with E-state index in [9.17, 15) is 4.79 Å². The highest BCUT2D eigenvalue weighted by molar-refractivity contribution is 5.90. The van der Waals surface area contributed by atoms with E-state index in [0.29, 0.717) is 18.1 Å². The Balaban J connectivity index is 1.03. The van der Waals surface area contributed by atoms with Crippen molar-refractivity contribution in [3.05, 3.63) is 114 Å². The van der Waals surface area contributed by atoms with Crippen molar-refractivity contribution in [2.24, 2.45) is 10.9 Å². The predicted molar refractivity (Wildman–Crippen MR) is 180 cm³/mol. The van der Waals surface area contributed by atoms with Gasteiger partial charge in [0.1, 0.15) is 11.5 Å². The van der Waals surface area contributed by atoms with Crippen molar-refractivity contribution in [2.45, 2.75) is 58.8 Å². The van der Waals surface area contributed by atoms with Crippen molar-refractivity contribution in [2.75, 3.05) is 19.8 Å². The lowest BCUT2D eigenvalue weighted by Gasteiger charge is -2.10. The van der Waals surface area contributed by atoms with E-state index in [1.54, 1.807) is 0 Å². The minimum Gasteiger partial charge on any atom is -0.494 e. The van der Waals surface area contributed by atoms with Gasteiger partial charge in [-0.15, -0.1) is 0 Å². The largest absolute Gasteiger partial charge is 0.494 e. The van der Waals surface area contributed by atoms with Crippen LogP contribution in [0.3, 0.4) is 0 Å². The van der Waals surface area contributed by atoms with Crippen molar-refractivity contribution >= 4 is 17.9 Å². The number of ether oxygens (including phenoxy) is 3. The van der Waals surface area contributed by atoms with Crippen molar-refractivity contribution in [1.82, 2.24) is 0 Å². The molecular weight excluding hydrogens is 546 g/mol. The fraction of sp³-hybridized carbons (Fsp3) is 0.333. The Morgan fingerprint density at radius 3 is 1.77 bits per heavy atom. The van der Waals surface area contributed by atoms with Gasteiger partial charge in [-0.2, -0.15) is 0 Å². The first-order valence-electron chi connectivity index (χ1n) is 15.9. The Labute approximate surface area is 262 Å². The molecule has 0 aromatic heterocycles. The van der Waals surface area contributed by atoms with E-state index in [1.807, 2.05) is 97.2 Å². The maximum atomic E-state index is 12.2. The summed E-state index contributed by atoms with van der Waals surface area (Å²) in [4.78, 5) is 16.7. The van der Waals surface area contributed by atoms with Crippen LogP contribution < -0.4 is 9.47 Å². The molecule has 1 atom stereocenters. The quantitative estimate of drug-likeness (QED) is 0.0656. The molecule has 0 aliphatic heterocycles. The van der Waals surface area contributed by atoms with Crippen molar-refractivity contribution in [1.29, 1.82) is 0 Å². The number of carbonyl (C=O) groups excluding carboxylic acids is 1. The number of esters is 1. The topological polar surface area (TPSA) is 57.1 Å². The number of nitrogens with zero attached hydrogens (tertiary/aromatic N) is 1. The van der Waals surface area contributed by atoms with Gasteiger partial charge in [-0.25, -0.2) is 4.79 Å². The van der Waals surface area contributed by atoms with Gasteiger partial charge in [0, 0.05) is 6.21 Å². The lowest BCUT2D eigenvalue weighted by Crippen LogP contribution is -2.11. The molecule has 1 unspecified atom stereocenters. The second-order valence-corrected chi connectivity index (χ2v) is 11.2. The number of aliphatic imine (C=N–C) groups is 1. The first-order chi connectivity index (χ1) is 21.6. The third kappa shape index (κ3) is 11.4. The van der Waals surface area contributed by atoms with Crippen LogP contribution in [0.15, 0.2) is 108 Å². The van der Waals surface area contributed by atoms with Crippen LogP contribution in [0.1, 0.15) is 74.7 Å². The SMILES string of the molecule is CCC(C)COC(=O)c1ccc(-c2ccc(OCCCCCCCCOc3ccc(C=Nc4ccccc4)cc3)cc2)cc1. The van der Waals surface area contributed by atoms with Crippen LogP contribution in [0.25, 0.3) is 11.1 Å². The zero-order valence-corrected chi connectivity index (χ0v) is 26.1. The van der Waals surface area contributed by atoms with E-state index in [2.05, 4.69) is 31.0 Å². The molecule has 0 amide bonds. The van der Waals surface area contributed by atoms with Crippen LogP contribution in [0.4, 0.5) is 5.69 Å². The minimum atomic E-state index is -0.266. The molecule has 0 N–H and O–H groups in total. The highest BCUT2D eigenvalue weighted by Gasteiger charge is 2.09. The van der Waals surface area contributed by atoms with Crippen LogP contribution in [0, 0.1) is 5.92 Å². The van der Waals surface area contributed by atoms with Crippen LogP contribution in [0.2, 0.25) is 0 Å². The summed E-state index contributed by atoms with van der Waals surface area (Å²) in [5.41, 5.74) is 4.73. The van der Waals surface area contributed by atoms with Gasteiger partial charge in [-0.05, 0) is 96.1 Å². The molecule has 0 bridgehead atoms. The number of rotatable bonds is 18. The van der Waals surface area contributed by atoms with E-state index >= 15 is 0 Å². The number of para-hydroxylation sites is 1. The van der Waals surface area contributed by atoms with Gasteiger partial charge in [0.05, 0.1) is 31.1 Å². The molecule has 5 heteroatoms. The van der Waals surface area contributed by atoms with Crippen LogP contribution >= 0.6 is 0 Å². The number of carbonyl (C=O) groups is 1. The summed E-state index contributed by atoms with van der Waals surface area (Å²) in [5, 5.41) is 0. The number of hydrogen-bond acceptors (Lipinski definition) is 5. The number of unbranched alkanes of at least 4 members (excludes halogenated alkanes) is 5. The summed E-state index contributed by atoms with van der Waals surface area (Å²) in [6.07, 6.45) is 9.73. The Morgan fingerprint density at radius 2 is 1.20 bits per heavy atom. The van der Waals surface area contributed by atoms with Gasteiger partial charge >= 0.3 is 5.97 Å². The molecule has 0 saturated heterocycles. The Hall–Kier alpha value is -4.38. The van der Waals surface area contributed by atoms with Gasteiger partial charge in [-0.3, -0.25) is 4.99 Å². The molecule has 0 fully saturated rings. The smallest absolute Gasteiger partial charge is 0.338 e. The maximum absolute atomic E-state index is 12.2. The van der Waals surface area contributed by atoms with Crippen LogP contribution in [0.5, 0.6) is 11.5 Å². The third-order valence-corrected chi connectivity index (χ3v) is 7.58. The fourth-order valence-electron chi connectivity index (χ4n) is 4.57. The lowest BCUT2D eigenvalue weighted by molar-refractivity contribution is 0.0447. The number of hydrogen-bond donors (Lipinski definition) is 0. The summed E-state index contributed by atoms with van der Waals surface area (Å²) in [6.45, 7) is 6.10. The monoisotopic (exact) mass is 591 g/mol. The van der Waals surface area contributed by atoms with Crippen LogP contribution in [-0.2, 0) is 4.74 Å². The first kappa shape index (κ1) is 32.5. The van der Waals surface area contributed by atoms with Crippen molar-refractivity contribution < 1.29 is 19.0 Å². The maximum Gasteiger partial charge on any atom is 0.338 e. The zero-order chi connectivity index (χ0) is 30.8. The minimum absolute atomic E-state index is 0.266. The normalized spacial score (nSPS) is 11.8. The molecule has 0 saturated carbocycles. The molecule has 0 aliphatic rings. The molecule has 4 aromatic carbocycles. The molecular formula is C39H45NO4. The summed E-state index contributed by atoms with van der Waals surface area (Å²) in [7, 11) is 0. The van der Waals surface area contributed by atoms with E-state index in [4.69, 9.17) is 14.2 Å². The highest BCUT2D eigenvalue weighted by Crippen LogP contribution is 2.23. The Kier molecular flexibility index (Phi) is 13.5. The summed E-state index contributed by atoms with van der Waals surface area (Å²) >= 11 is 0. The van der Waals surface area contributed by atoms with Gasteiger partial charge in [0.15, 0.2) is 0 Å².